The SMILES string of the molecule is CC(O)CC(C)(C)CNCC1CCCC(C)C1. The van der Waals surface area contributed by atoms with E-state index in [-0.39, 0.29) is 11.5 Å². The van der Waals surface area contributed by atoms with Crippen LogP contribution in [0.2, 0.25) is 0 Å². The van der Waals surface area contributed by atoms with Crippen molar-refractivity contribution in [1.29, 1.82) is 0 Å². The molecule has 2 heteroatoms. The minimum atomic E-state index is -0.193. The maximum absolute atomic E-state index is 9.44. The average Bonchev–Trinajstić information content (AvgIpc) is 2.15. The molecule has 0 radical (unpaired) electrons. The molecular formula is C15H31NO. The van der Waals surface area contributed by atoms with Crippen LogP contribution in [0, 0.1) is 17.3 Å². The van der Waals surface area contributed by atoms with Crippen LogP contribution in [0.15, 0.2) is 0 Å². The zero-order valence-electron chi connectivity index (χ0n) is 12.1. The second kappa shape index (κ2) is 6.75. The van der Waals surface area contributed by atoms with Crippen LogP contribution in [0.5, 0.6) is 0 Å². The fourth-order valence-electron chi connectivity index (χ4n) is 3.23. The van der Waals surface area contributed by atoms with E-state index in [0.717, 1.165) is 31.3 Å². The largest absolute Gasteiger partial charge is 0.393 e. The van der Waals surface area contributed by atoms with E-state index in [1.807, 2.05) is 6.92 Å². The second-order valence-corrected chi connectivity index (χ2v) is 6.99. The Morgan fingerprint density at radius 1 is 1.35 bits per heavy atom. The summed E-state index contributed by atoms with van der Waals surface area (Å²) < 4.78 is 0. The topological polar surface area (TPSA) is 32.3 Å². The molecule has 17 heavy (non-hydrogen) atoms. The number of rotatable bonds is 6. The van der Waals surface area contributed by atoms with Crippen LogP contribution in [0.4, 0.5) is 0 Å². The third kappa shape index (κ3) is 6.42. The maximum Gasteiger partial charge on any atom is 0.0517 e. The molecule has 1 rings (SSSR count). The van der Waals surface area contributed by atoms with Crippen molar-refractivity contribution in [2.45, 2.75) is 65.9 Å². The van der Waals surface area contributed by atoms with E-state index in [2.05, 4.69) is 26.1 Å². The average molecular weight is 241 g/mol. The van der Waals surface area contributed by atoms with Crippen molar-refractivity contribution in [2.24, 2.45) is 17.3 Å². The predicted molar refractivity (Wildman–Crippen MR) is 74.1 cm³/mol. The Morgan fingerprint density at radius 3 is 2.65 bits per heavy atom. The van der Waals surface area contributed by atoms with Gasteiger partial charge >= 0.3 is 0 Å². The van der Waals surface area contributed by atoms with Crippen LogP contribution in [0.3, 0.4) is 0 Å². The van der Waals surface area contributed by atoms with Crippen LogP contribution in [0.1, 0.15) is 59.8 Å². The highest BCUT2D eigenvalue weighted by Gasteiger charge is 2.22. The van der Waals surface area contributed by atoms with Gasteiger partial charge in [-0.15, -0.1) is 0 Å². The Morgan fingerprint density at radius 2 is 2.06 bits per heavy atom. The molecule has 0 bridgehead atoms. The van der Waals surface area contributed by atoms with Crippen molar-refractivity contribution in [3.05, 3.63) is 0 Å². The lowest BCUT2D eigenvalue weighted by atomic mass is 9.82. The lowest BCUT2D eigenvalue weighted by Gasteiger charge is -2.30. The molecule has 1 aliphatic rings. The molecule has 0 aromatic heterocycles. The van der Waals surface area contributed by atoms with Crippen molar-refractivity contribution in [3.8, 4) is 0 Å². The van der Waals surface area contributed by atoms with Crippen molar-refractivity contribution in [3.63, 3.8) is 0 Å². The smallest absolute Gasteiger partial charge is 0.0517 e. The molecule has 102 valence electrons. The summed E-state index contributed by atoms with van der Waals surface area (Å²) in [4.78, 5) is 0. The van der Waals surface area contributed by atoms with E-state index in [0.29, 0.717) is 0 Å². The summed E-state index contributed by atoms with van der Waals surface area (Å²) in [6.07, 6.45) is 6.30. The van der Waals surface area contributed by atoms with Crippen LogP contribution < -0.4 is 5.32 Å². The van der Waals surface area contributed by atoms with Gasteiger partial charge in [0, 0.05) is 6.54 Å². The highest BCUT2D eigenvalue weighted by atomic mass is 16.3. The molecule has 0 saturated heterocycles. The molecule has 2 N–H and O–H groups in total. The van der Waals surface area contributed by atoms with Gasteiger partial charge in [-0.25, -0.2) is 0 Å². The van der Waals surface area contributed by atoms with Gasteiger partial charge in [-0.3, -0.25) is 0 Å². The van der Waals surface area contributed by atoms with Gasteiger partial charge in [0.15, 0.2) is 0 Å². The molecule has 3 unspecified atom stereocenters. The quantitative estimate of drug-likeness (QED) is 0.748. The first-order chi connectivity index (χ1) is 7.89. The van der Waals surface area contributed by atoms with E-state index in [1.54, 1.807) is 0 Å². The summed E-state index contributed by atoms with van der Waals surface area (Å²) in [6.45, 7) is 10.9. The lowest BCUT2D eigenvalue weighted by Crippen LogP contribution is -2.35. The Kier molecular flexibility index (Phi) is 5.94. The van der Waals surface area contributed by atoms with E-state index in [4.69, 9.17) is 0 Å². The third-order valence-electron chi connectivity index (χ3n) is 3.93. The fraction of sp³-hybridized carbons (Fsp3) is 1.00. The fourth-order valence-corrected chi connectivity index (χ4v) is 3.23. The summed E-state index contributed by atoms with van der Waals surface area (Å²) >= 11 is 0. The summed E-state index contributed by atoms with van der Waals surface area (Å²) in [7, 11) is 0. The van der Waals surface area contributed by atoms with Crippen molar-refractivity contribution in [1.82, 2.24) is 5.32 Å². The summed E-state index contributed by atoms with van der Waals surface area (Å²) in [5.41, 5.74) is 0.203. The molecule has 0 aliphatic heterocycles. The number of aliphatic hydroxyl groups excluding tert-OH is 1. The van der Waals surface area contributed by atoms with Gasteiger partial charge in [-0.2, -0.15) is 0 Å². The van der Waals surface area contributed by atoms with Gasteiger partial charge in [0.25, 0.3) is 0 Å². The highest BCUT2D eigenvalue weighted by Crippen LogP contribution is 2.28. The van der Waals surface area contributed by atoms with Crippen molar-refractivity contribution >= 4 is 0 Å². The number of hydrogen-bond acceptors (Lipinski definition) is 2. The van der Waals surface area contributed by atoms with Gasteiger partial charge in [0.1, 0.15) is 0 Å². The molecule has 1 saturated carbocycles. The Hall–Kier alpha value is -0.0800. The lowest BCUT2D eigenvalue weighted by molar-refractivity contribution is 0.126. The van der Waals surface area contributed by atoms with Gasteiger partial charge in [-0.1, -0.05) is 33.6 Å². The first-order valence-corrected chi connectivity index (χ1v) is 7.28. The standard InChI is InChI=1S/C15H31NO/c1-12-6-5-7-14(8-12)10-16-11-15(3,4)9-13(2)17/h12-14,16-17H,5-11H2,1-4H3. The molecule has 0 spiro atoms. The van der Waals surface area contributed by atoms with Crippen LogP contribution in [-0.2, 0) is 0 Å². The Balaban J connectivity index is 2.18. The molecule has 2 nitrogen and oxygen atoms in total. The van der Waals surface area contributed by atoms with Crippen LogP contribution >= 0.6 is 0 Å². The minimum Gasteiger partial charge on any atom is -0.393 e. The first kappa shape index (κ1) is 15.0. The molecule has 0 heterocycles. The van der Waals surface area contributed by atoms with Crippen molar-refractivity contribution in [2.75, 3.05) is 13.1 Å². The molecular weight excluding hydrogens is 210 g/mol. The monoisotopic (exact) mass is 241 g/mol. The minimum absolute atomic E-state index is 0.193. The normalized spacial score (nSPS) is 28.1. The molecule has 3 atom stereocenters. The molecule has 0 amide bonds. The third-order valence-corrected chi connectivity index (χ3v) is 3.93. The molecule has 1 aliphatic carbocycles. The maximum atomic E-state index is 9.44. The van der Waals surface area contributed by atoms with Gasteiger partial charge in [0.05, 0.1) is 6.10 Å². The van der Waals surface area contributed by atoms with E-state index in [1.165, 1.54) is 25.7 Å². The predicted octanol–water partition coefficient (Wildman–Crippen LogP) is 3.20. The summed E-state index contributed by atoms with van der Waals surface area (Å²) in [5.74, 6) is 1.79. The number of nitrogens with one attached hydrogen (secondary N) is 1. The Labute approximate surface area is 107 Å². The van der Waals surface area contributed by atoms with Gasteiger partial charge in [-0.05, 0) is 50.0 Å². The van der Waals surface area contributed by atoms with Crippen molar-refractivity contribution < 1.29 is 5.11 Å². The van der Waals surface area contributed by atoms with E-state index < -0.39 is 0 Å². The van der Waals surface area contributed by atoms with Crippen LogP contribution in [0.25, 0.3) is 0 Å². The zero-order chi connectivity index (χ0) is 12.9. The number of aliphatic hydroxyl groups is 1. The summed E-state index contributed by atoms with van der Waals surface area (Å²) in [6, 6.07) is 0. The van der Waals surface area contributed by atoms with Crippen LogP contribution in [-0.4, -0.2) is 24.3 Å². The second-order valence-electron chi connectivity index (χ2n) is 6.99. The first-order valence-electron chi connectivity index (χ1n) is 7.28. The zero-order valence-corrected chi connectivity index (χ0v) is 12.1. The Bertz CT molecular complexity index is 213. The number of hydrogen-bond donors (Lipinski definition) is 2. The molecule has 0 aromatic carbocycles. The highest BCUT2D eigenvalue weighted by molar-refractivity contribution is 4.77. The molecule has 0 aromatic rings. The van der Waals surface area contributed by atoms with Gasteiger partial charge < -0.3 is 10.4 Å². The van der Waals surface area contributed by atoms with Gasteiger partial charge in [0.2, 0.25) is 0 Å². The molecule has 1 fully saturated rings. The van der Waals surface area contributed by atoms with E-state index in [9.17, 15) is 5.11 Å². The van der Waals surface area contributed by atoms with E-state index >= 15 is 0 Å². The summed E-state index contributed by atoms with van der Waals surface area (Å²) in [5, 5.41) is 13.1.